The van der Waals surface area contributed by atoms with Crippen molar-refractivity contribution < 1.29 is 4.79 Å². The van der Waals surface area contributed by atoms with Crippen LogP contribution in [0.2, 0.25) is 0 Å². The lowest BCUT2D eigenvalue weighted by Gasteiger charge is -2.08. The van der Waals surface area contributed by atoms with E-state index in [4.69, 9.17) is 0 Å². The molecule has 0 aromatic heterocycles. The second-order valence-corrected chi connectivity index (χ2v) is 4.17. The Hall–Kier alpha value is -1.63. The number of benzene rings is 1. The van der Waals surface area contributed by atoms with E-state index in [1.165, 1.54) is 11.1 Å². The average Bonchev–Trinajstić information content (AvgIpc) is 2.27. The topological polar surface area (TPSA) is 17.1 Å². The summed E-state index contributed by atoms with van der Waals surface area (Å²) in [5.41, 5.74) is 2.75. The number of carbonyl (C=O) groups is 1. The molecule has 16 heavy (non-hydrogen) atoms. The Morgan fingerprint density at radius 2 is 1.88 bits per heavy atom. The van der Waals surface area contributed by atoms with Crippen LogP contribution in [0.1, 0.15) is 24.8 Å². The van der Waals surface area contributed by atoms with Crippen molar-refractivity contribution in [1.82, 2.24) is 0 Å². The molecule has 0 N–H and O–H groups in total. The second kappa shape index (κ2) is 5.45. The quantitative estimate of drug-likeness (QED) is 0.733. The lowest BCUT2D eigenvalue weighted by atomic mass is 9.97. The molecule has 0 bridgehead atoms. The fraction of sp³-hybridized carbons (Fsp3) is 0.267. The Kier molecular flexibility index (Phi) is 3.71. The van der Waals surface area contributed by atoms with Gasteiger partial charge in [0.15, 0.2) is 5.78 Å². The minimum Gasteiger partial charge on any atom is -0.295 e. The van der Waals surface area contributed by atoms with Crippen LogP contribution < -0.4 is 0 Å². The fourth-order valence-corrected chi connectivity index (χ4v) is 1.95. The van der Waals surface area contributed by atoms with Gasteiger partial charge in [-0.25, -0.2) is 0 Å². The maximum Gasteiger partial charge on any atom is 0.155 e. The highest BCUT2D eigenvalue weighted by Gasteiger charge is 2.04. The summed E-state index contributed by atoms with van der Waals surface area (Å²) in [6.07, 6.45) is 9.35. The Morgan fingerprint density at radius 1 is 1.06 bits per heavy atom. The predicted molar refractivity (Wildman–Crippen MR) is 66.2 cm³/mol. The number of rotatable bonds is 2. The van der Waals surface area contributed by atoms with Gasteiger partial charge in [0.1, 0.15) is 0 Å². The molecule has 0 saturated heterocycles. The summed E-state index contributed by atoms with van der Waals surface area (Å²) in [5, 5.41) is 0. The van der Waals surface area contributed by atoms with Gasteiger partial charge < -0.3 is 0 Å². The molecule has 1 aromatic rings. The molecule has 2 rings (SSSR count). The van der Waals surface area contributed by atoms with Crippen molar-refractivity contribution in [3.8, 4) is 0 Å². The van der Waals surface area contributed by atoms with Crippen LogP contribution in [-0.2, 0) is 11.2 Å². The van der Waals surface area contributed by atoms with Gasteiger partial charge in [0, 0.05) is 6.42 Å². The van der Waals surface area contributed by atoms with Gasteiger partial charge in [0.05, 0.1) is 0 Å². The maximum atomic E-state index is 11.2. The molecule has 0 fully saturated rings. The molecule has 0 amide bonds. The highest BCUT2D eigenvalue weighted by Crippen LogP contribution is 2.16. The Balaban J connectivity index is 2.06. The van der Waals surface area contributed by atoms with Gasteiger partial charge >= 0.3 is 0 Å². The molecule has 0 heterocycles. The molecule has 0 atom stereocenters. The first-order valence-electron chi connectivity index (χ1n) is 5.77. The molecule has 1 aliphatic rings. The largest absolute Gasteiger partial charge is 0.295 e. The van der Waals surface area contributed by atoms with Gasteiger partial charge in [-0.15, -0.1) is 0 Å². The first-order valence-corrected chi connectivity index (χ1v) is 5.77. The molecule has 1 nitrogen and oxygen atoms in total. The van der Waals surface area contributed by atoms with E-state index in [2.05, 4.69) is 30.3 Å². The number of ketones is 1. The first kappa shape index (κ1) is 10.9. The zero-order chi connectivity index (χ0) is 11.2. The summed E-state index contributed by atoms with van der Waals surface area (Å²) in [5.74, 6) is 0.245. The number of hydrogen-bond acceptors (Lipinski definition) is 1. The fourth-order valence-electron chi connectivity index (χ4n) is 1.95. The molecule has 0 spiro atoms. The van der Waals surface area contributed by atoms with Gasteiger partial charge in [-0.3, -0.25) is 4.79 Å². The SMILES string of the molecule is O=C1/C=C\C=C(\Cc2ccccc2)CCC1. The molecule has 0 saturated carbocycles. The Labute approximate surface area is 96.5 Å². The minimum absolute atomic E-state index is 0.245. The van der Waals surface area contributed by atoms with Gasteiger partial charge in [-0.1, -0.05) is 48.1 Å². The van der Waals surface area contributed by atoms with E-state index in [-0.39, 0.29) is 5.78 Å². The summed E-state index contributed by atoms with van der Waals surface area (Å²) < 4.78 is 0. The highest BCUT2D eigenvalue weighted by molar-refractivity contribution is 5.89. The molecule has 0 aliphatic heterocycles. The molecule has 1 aliphatic carbocycles. The standard InChI is InChI=1S/C15H16O/c16-15-10-4-8-14(9-5-11-15)12-13-6-2-1-3-7-13/h1-4,6-8,10H,5,9,11-12H2/b10-4-,14-8+. The molecule has 1 aromatic carbocycles. The normalized spacial score (nSPS) is 21.8. The average molecular weight is 212 g/mol. The second-order valence-electron chi connectivity index (χ2n) is 4.17. The molecule has 0 unspecified atom stereocenters. The van der Waals surface area contributed by atoms with Crippen molar-refractivity contribution in [2.24, 2.45) is 0 Å². The van der Waals surface area contributed by atoms with Crippen LogP contribution in [0.25, 0.3) is 0 Å². The van der Waals surface area contributed by atoms with Crippen LogP contribution in [0, 0.1) is 0 Å². The molecule has 1 heteroatoms. The van der Waals surface area contributed by atoms with Crippen molar-refractivity contribution in [3.05, 3.63) is 59.7 Å². The van der Waals surface area contributed by atoms with Crippen LogP contribution in [-0.4, -0.2) is 5.78 Å². The Bertz CT molecular complexity index is 412. The number of hydrogen-bond donors (Lipinski definition) is 0. The number of carbonyl (C=O) groups excluding carboxylic acids is 1. The summed E-state index contributed by atoms with van der Waals surface area (Å²) >= 11 is 0. The van der Waals surface area contributed by atoms with E-state index in [1.54, 1.807) is 6.08 Å². The minimum atomic E-state index is 0.245. The molecule has 82 valence electrons. The predicted octanol–water partition coefficient (Wildman–Crippen LogP) is 3.46. The maximum absolute atomic E-state index is 11.2. The van der Waals surface area contributed by atoms with E-state index in [0.717, 1.165) is 19.3 Å². The summed E-state index contributed by atoms with van der Waals surface area (Å²) in [4.78, 5) is 11.2. The third-order valence-electron chi connectivity index (χ3n) is 2.81. The molecular weight excluding hydrogens is 196 g/mol. The van der Waals surface area contributed by atoms with E-state index >= 15 is 0 Å². The highest BCUT2D eigenvalue weighted by atomic mass is 16.1. The Morgan fingerprint density at radius 3 is 2.69 bits per heavy atom. The zero-order valence-corrected chi connectivity index (χ0v) is 9.36. The van der Waals surface area contributed by atoms with Crippen molar-refractivity contribution in [1.29, 1.82) is 0 Å². The van der Waals surface area contributed by atoms with Crippen LogP contribution in [0.5, 0.6) is 0 Å². The van der Waals surface area contributed by atoms with E-state index in [0.29, 0.717) is 6.42 Å². The summed E-state index contributed by atoms with van der Waals surface area (Å²) in [7, 11) is 0. The lowest BCUT2D eigenvalue weighted by molar-refractivity contribution is -0.114. The van der Waals surface area contributed by atoms with Crippen molar-refractivity contribution in [3.63, 3.8) is 0 Å². The van der Waals surface area contributed by atoms with Crippen LogP contribution in [0.4, 0.5) is 0 Å². The zero-order valence-electron chi connectivity index (χ0n) is 9.36. The van der Waals surface area contributed by atoms with Gasteiger partial charge in [-0.2, -0.15) is 0 Å². The van der Waals surface area contributed by atoms with Crippen LogP contribution in [0.3, 0.4) is 0 Å². The van der Waals surface area contributed by atoms with E-state index < -0.39 is 0 Å². The van der Waals surface area contributed by atoms with Crippen molar-refractivity contribution >= 4 is 5.78 Å². The summed E-state index contributed by atoms with van der Waals surface area (Å²) in [6, 6.07) is 10.5. The molecule has 0 radical (unpaired) electrons. The van der Waals surface area contributed by atoms with E-state index in [9.17, 15) is 4.79 Å². The molecular formula is C15H16O. The van der Waals surface area contributed by atoms with Crippen LogP contribution >= 0.6 is 0 Å². The van der Waals surface area contributed by atoms with Crippen LogP contribution in [0.15, 0.2) is 54.1 Å². The number of allylic oxidation sites excluding steroid dienone is 4. The third kappa shape index (κ3) is 3.20. The van der Waals surface area contributed by atoms with Gasteiger partial charge in [0.25, 0.3) is 0 Å². The smallest absolute Gasteiger partial charge is 0.155 e. The monoisotopic (exact) mass is 212 g/mol. The van der Waals surface area contributed by atoms with E-state index in [1.807, 2.05) is 12.1 Å². The lowest BCUT2D eigenvalue weighted by Crippen LogP contribution is -1.98. The van der Waals surface area contributed by atoms with Gasteiger partial charge in [-0.05, 0) is 30.9 Å². The third-order valence-corrected chi connectivity index (χ3v) is 2.81. The first-order chi connectivity index (χ1) is 7.84. The van der Waals surface area contributed by atoms with Gasteiger partial charge in [0.2, 0.25) is 0 Å². The van der Waals surface area contributed by atoms with Crippen molar-refractivity contribution in [2.45, 2.75) is 25.7 Å². The van der Waals surface area contributed by atoms with Crippen molar-refractivity contribution in [2.75, 3.05) is 0 Å². The summed E-state index contributed by atoms with van der Waals surface area (Å²) in [6.45, 7) is 0.